The molecule has 17 heavy (non-hydrogen) atoms. The molecule has 0 saturated heterocycles. The van der Waals surface area contributed by atoms with Crippen LogP contribution in [0.3, 0.4) is 0 Å². The van der Waals surface area contributed by atoms with Crippen LogP contribution in [0.2, 0.25) is 0 Å². The minimum Gasteiger partial charge on any atom is -0.391 e. The number of rotatable bonds is 4. The average Bonchev–Trinajstić information content (AvgIpc) is 2.47. The van der Waals surface area contributed by atoms with Crippen LogP contribution in [0.15, 0.2) is 60.7 Å². The van der Waals surface area contributed by atoms with Crippen molar-refractivity contribution in [3.63, 3.8) is 0 Å². The molecule has 0 spiro atoms. The average molecular weight is 245 g/mol. The lowest BCUT2D eigenvalue weighted by molar-refractivity contribution is 0.272. The van der Waals surface area contributed by atoms with Gasteiger partial charge in [-0.3, -0.25) is 0 Å². The third-order valence-electron chi connectivity index (χ3n) is 2.80. The van der Waals surface area contributed by atoms with Gasteiger partial charge in [0.15, 0.2) is 0 Å². The first kappa shape index (κ1) is 10.7. The van der Waals surface area contributed by atoms with E-state index in [1.165, 1.54) is 0 Å². The van der Waals surface area contributed by atoms with Crippen molar-refractivity contribution in [2.24, 2.45) is 0 Å². The fraction of sp³-hybridized carbons (Fsp3) is 0.143. The van der Waals surface area contributed by atoms with Crippen LogP contribution in [0, 0.1) is 0 Å². The highest BCUT2D eigenvalue weighted by Gasteiger charge is 2.40. The number of benzene rings is 2. The van der Waals surface area contributed by atoms with Crippen LogP contribution in [0.25, 0.3) is 0 Å². The van der Waals surface area contributed by atoms with E-state index < -0.39 is 8.56 Å². The predicted octanol–water partition coefficient (Wildman–Crippen LogP) is 1.54. The van der Waals surface area contributed by atoms with Crippen molar-refractivity contribution in [3.05, 3.63) is 60.7 Å². The minimum atomic E-state index is -2.71. The van der Waals surface area contributed by atoms with Gasteiger partial charge in [-0.25, -0.2) is 0 Å². The molecule has 0 radical (unpaired) electrons. The fourth-order valence-electron chi connectivity index (χ4n) is 1.94. The molecule has 0 saturated carbocycles. The lowest BCUT2D eigenvalue weighted by Crippen LogP contribution is -2.62. The molecule has 0 amide bonds. The van der Waals surface area contributed by atoms with Gasteiger partial charge in [-0.2, -0.15) is 0 Å². The lowest BCUT2D eigenvalue weighted by Gasteiger charge is -2.27. The van der Waals surface area contributed by atoms with Crippen LogP contribution in [0.4, 0.5) is 0 Å². The van der Waals surface area contributed by atoms with Crippen molar-refractivity contribution in [2.45, 2.75) is 0 Å². The Balaban J connectivity index is 2.53. The van der Waals surface area contributed by atoms with Crippen LogP contribution in [0.5, 0.6) is 0 Å². The van der Waals surface area contributed by atoms with Gasteiger partial charge in [0.05, 0.1) is 1.37 Å². The first-order valence-electron chi connectivity index (χ1n) is 6.13. The van der Waals surface area contributed by atoms with Crippen molar-refractivity contribution < 1.29 is 10.2 Å². The van der Waals surface area contributed by atoms with Crippen LogP contribution in [-0.2, 0) is 8.85 Å². The molecule has 0 bridgehead atoms. The van der Waals surface area contributed by atoms with E-state index in [2.05, 4.69) is 0 Å². The molecule has 0 fully saturated rings. The Hall–Kier alpha value is -1.42. The second-order valence-electron chi connectivity index (χ2n) is 3.70. The maximum atomic E-state index is 7.39. The molecule has 0 unspecified atom stereocenters. The molecule has 0 atom stereocenters. The van der Waals surface area contributed by atoms with Gasteiger partial charge in [0.1, 0.15) is 0 Å². The maximum Gasteiger partial charge on any atom is 0.406 e. The van der Waals surface area contributed by atoms with Crippen molar-refractivity contribution >= 4 is 18.9 Å². The Morgan fingerprint density at radius 2 is 1.29 bits per heavy atom. The SMILES string of the molecule is [2H]CO[Si](OC)(c1ccccc1)c1ccccc1. The summed E-state index contributed by atoms with van der Waals surface area (Å²) < 4.78 is 18.9. The zero-order valence-corrected chi connectivity index (χ0v) is 10.8. The first-order valence-corrected chi connectivity index (χ1v) is 7.24. The molecule has 0 heterocycles. The summed E-state index contributed by atoms with van der Waals surface area (Å²) in [5, 5.41) is 2.04. The monoisotopic (exact) mass is 245 g/mol. The Labute approximate surface area is 104 Å². The molecule has 2 nitrogen and oxygen atoms in total. The quantitative estimate of drug-likeness (QED) is 0.761. The molecule has 0 aliphatic rings. The molecule has 2 aromatic rings. The van der Waals surface area contributed by atoms with Gasteiger partial charge in [0.2, 0.25) is 0 Å². The Bertz CT molecular complexity index is 436. The van der Waals surface area contributed by atoms with E-state index in [4.69, 9.17) is 10.2 Å². The second-order valence-corrected chi connectivity index (χ2v) is 6.78. The van der Waals surface area contributed by atoms with E-state index in [0.717, 1.165) is 10.4 Å². The maximum absolute atomic E-state index is 7.39. The smallest absolute Gasteiger partial charge is 0.391 e. The molecule has 3 heteroatoms. The zero-order chi connectivity index (χ0) is 12.8. The molecule has 2 rings (SSSR count). The van der Waals surface area contributed by atoms with Gasteiger partial charge >= 0.3 is 8.56 Å². The first-order chi connectivity index (χ1) is 8.83. The molecule has 2 aromatic carbocycles. The third-order valence-corrected chi connectivity index (χ3v) is 5.97. The van der Waals surface area contributed by atoms with Gasteiger partial charge in [0, 0.05) is 14.2 Å². The Morgan fingerprint density at radius 3 is 1.65 bits per heavy atom. The second kappa shape index (κ2) is 5.27. The largest absolute Gasteiger partial charge is 0.406 e. The summed E-state index contributed by atoms with van der Waals surface area (Å²) in [6.45, 7) is 0. The van der Waals surface area contributed by atoms with Crippen LogP contribution in [0.1, 0.15) is 1.37 Å². The number of hydrogen-bond acceptors (Lipinski definition) is 2. The Kier molecular flexibility index (Phi) is 3.32. The Morgan fingerprint density at radius 1 is 0.824 bits per heavy atom. The number of hydrogen-bond donors (Lipinski definition) is 0. The molecule has 0 aliphatic heterocycles. The van der Waals surface area contributed by atoms with E-state index >= 15 is 0 Å². The minimum absolute atomic E-state index is 0.107. The summed E-state index contributed by atoms with van der Waals surface area (Å²) in [6.07, 6.45) is 0. The standard InChI is InChI=1S/C14H16O2Si/c1-15-17(16-2,13-9-5-3-6-10-13)14-11-7-4-8-12-14/h3-12H,1-2H3/i1D. The summed E-state index contributed by atoms with van der Waals surface area (Å²) in [6, 6.07) is 19.8. The fourth-order valence-corrected chi connectivity index (χ4v) is 4.46. The molecule has 0 aromatic heterocycles. The van der Waals surface area contributed by atoms with Crippen LogP contribution < -0.4 is 10.4 Å². The summed E-state index contributed by atoms with van der Waals surface area (Å²) in [4.78, 5) is 0. The van der Waals surface area contributed by atoms with Crippen molar-refractivity contribution in [3.8, 4) is 0 Å². The highest BCUT2D eigenvalue weighted by molar-refractivity contribution is 6.92. The van der Waals surface area contributed by atoms with Gasteiger partial charge in [-0.05, 0) is 10.4 Å². The summed E-state index contributed by atoms with van der Waals surface area (Å²) in [5.74, 6) is 0. The predicted molar refractivity (Wildman–Crippen MR) is 71.9 cm³/mol. The summed E-state index contributed by atoms with van der Waals surface area (Å²) >= 11 is 0. The molecular formula is C14H16O2Si. The van der Waals surface area contributed by atoms with E-state index in [1.807, 2.05) is 60.7 Å². The van der Waals surface area contributed by atoms with Crippen molar-refractivity contribution in [2.75, 3.05) is 14.2 Å². The van der Waals surface area contributed by atoms with Crippen molar-refractivity contribution in [1.29, 1.82) is 0 Å². The molecule has 88 valence electrons. The van der Waals surface area contributed by atoms with Gasteiger partial charge in [-0.15, -0.1) is 0 Å². The van der Waals surface area contributed by atoms with Gasteiger partial charge in [-0.1, -0.05) is 60.7 Å². The highest BCUT2D eigenvalue weighted by Crippen LogP contribution is 2.07. The summed E-state index contributed by atoms with van der Waals surface area (Å²) in [7, 11) is -1.16. The molecule has 0 aliphatic carbocycles. The van der Waals surface area contributed by atoms with Gasteiger partial charge in [0.25, 0.3) is 0 Å². The van der Waals surface area contributed by atoms with Gasteiger partial charge < -0.3 is 8.85 Å². The highest BCUT2D eigenvalue weighted by atomic mass is 28.4. The van der Waals surface area contributed by atoms with Crippen LogP contribution >= 0.6 is 0 Å². The van der Waals surface area contributed by atoms with E-state index in [1.54, 1.807) is 7.11 Å². The summed E-state index contributed by atoms with van der Waals surface area (Å²) in [5.41, 5.74) is 0. The van der Waals surface area contributed by atoms with Crippen molar-refractivity contribution in [1.82, 2.24) is 0 Å². The normalized spacial score (nSPS) is 12.2. The zero-order valence-electron chi connectivity index (χ0n) is 10.8. The topological polar surface area (TPSA) is 18.5 Å². The van der Waals surface area contributed by atoms with E-state index in [0.29, 0.717) is 0 Å². The van der Waals surface area contributed by atoms with E-state index in [9.17, 15) is 0 Å². The van der Waals surface area contributed by atoms with E-state index in [-0.39, 0.29) is 7.09 Å². The molecular weight excluding hydrogens is 228 g/mol. The third kappa shape index (κ3) is 2.17. The lowest BCUT2D eigenvalue weighted by atomic mass is 10.4. The van der Waals surface area contributed by atoms with Crippen LogP contribution in [-0.4, -0.2) is 22.8 Å². The molecule has 0 N–H and O–H groups in total.